The van der Waals surface area contributed by atoms with Gasteiger partial charge in [-0.25, -0.2) is 13.2 Å². The first-order valence-electron chi connectivity index (χ1n) is 8.56. The molecule has 0 radical (unpaired) electrons. The van der Waals surface area contributed by atoms with Crippen LogP contribution in [0, 0.1) is 10.5 Å². The van der Waals surface area contributed by atoms with Gasteiger partial charge >= 0.3 is 5.97 Å². The minimum Gasteiger partial charge on any atom is -0.467 e. The first-order chi connectivity index (χ1) is 13.2. The van der Waals surface area contributed by atoms with Crippen molar-refractivity contribution < 1.29 is 22.7 Å². The lowest BCUT2D eigenvalue weighted by molar-refractivity contribution is -0.145. The molecule has 0 bridgehead atoms. The zero-order chi connectivity index (χ0) is 20.9. The molecule has 2 aromatic carbocycles. The number of aryl methyl sites for hydroxylation is 1. The molecule has 0 aliphatic carbocycles. The number of methoxy groups -OCH3 is 1. The second-order valence-corrected chi connectivity index (χ2v) is 9.67. The zero-order valence-corrected chi connectivity index (χ0v) is 18.8. The van der Waals surface area contributed by atoms with Gasteiger partial charge in [-0.2, -0.15) is 0 Å². The fraction of sp³-hybridized carbons (Fsp3) is 0.300. The predicted octanol–water partition coefficient (Wildman–Crippen LogP) is 3.18. The van der Waals surface area contributed by atoms with Crippen LogP contribution in [0.25, 0.3) is 0 Å². The molecule has 1 N–H and O–H groups in total. The Labute approximate surface area is 178 Å². The maximum absolute atomic E-state index is 13.5. The van der Waals surface area contributed by atoms with Crippen LogP contribution >= 0.6 is 22.6 Å². The number of nitrogens with one attached hydrogen (secondary N) is 1. The molecule has 0 spiro atoms. The molecule has 6 nitrogen and oxygen atoms in total. The molecule has 8 heteroatoms. The molecule has 0 heterocycles. The summed E-state index contributed by atoms with van der Waals surface area (Å²) in [5.74, 6) is -1.13. The van der Waals surface area contributed by atoms with E-state index in [-0.39, 0.29) is 11.3 Å². The molecule has 2 aromatic rings. The Balaban J connectivity index is 2.56. The van der Waals surface area contributed by atoms with Crippen LogP contribution in [0.3, 0.4) is 0 Å². The molecular weight excluding hydrogens is 493 g/mol. The van der Waals surface area contributed by atoms with E-state index in [2.05, 4.69) is 27.9 Å². The Morgan fingerprint density at radius 3 is 2.25 bits per heavy atom. The number of benzene rings is 2. The van der Waals surface area contributed by atoms with Gasteiger partial charge in [-0.15, -0.1) is 0 Å². The number of sulfone groups is 1. The van der Waals surface area contributed by atoms with Crippen LogP contribution in [-0.2, 0) is 24.2 Å². The fourth-order valence-corrected chi connectivity index (χ4v) is 5.67. The van der Waals surface area contributed by atoms with E-state index in [1.807, 2.05) is 13.0 Å². The summed E-state index contributed by atoms with van der Waals surface area (Å²) in [6, 6.07) is 12.6. The molecule has 150 valence electrons. The molecule has 1 amide bonds. The van der Waals surface area contributed by atoms with E-state index in [9.17, 15) is 18.0 Å². The Morgan fingerprint density at radius 2 is 1.71 bits per heavy atom. The van der Waals surface area contributed by atoms with Crippen molar-refractivity contribution in [1.82, 2.24) is 5.32 Å². The van der Waals surface area contributed by atoms with Crippen molar-refractivity contribution in [2.45, 2.75) is 36.5 Å². The molecule has 0 saturated carbocycles. The second-order valence-electron chi connectivity index (χ2n) is 6.38. The van der Waals surface area contributed by atoms with Crippen molar-refractivity contribution in [2.24, 2.45) is 0 Å². The van der Waals surface area contributed by atoms with E-state index in [4.69, 9.17) is 4.74 Å². The lowest BCUT2D eigenvalue weighted by Crippen LogP contribution is -2.42. The van der Waals surface area contributed by atoms with Crippen molar-refractivity contribution in [3.05, 3.63) is 63.2 Å². The maximum Gasteiger partial charge on any atom is 0.328 e. The van der Waals surface area contributed by atoms with Gasteiger partial charge in [0.15, 0.2) is 9.84 Å². The summed E-state index contributed by atoms with van der Waals surface area (Å²) in [6.07, 6.45) is -0.136. The third kappa shape index (κ3) is 5.32. The highest BCUT2D eigenvalue weighted by Gasteiger charge is 2.35. The van der Waals surface area contributed by atoms with Crippen molar-refractivity contribution in [3.8, 4) is 0 Å². The number of esters is 1. The Kier molecular flexibility index (Phi) is 7.59. The summed E-state index contributed by atoms with van der Waals surface area (Å²) in [5, 5.41) is 1.47. The first-order valence-corrected chi connectivity index (χ1v) is 11.2. The molecule has 0 aliphatic rings. The van der Waals surface area contributed by atoms with Gasteiger partial charge in [0.1, 0.15) is 6.04 Å². The molecule has 0 aliphatic heterocycles. The first kappa shape index (κ1) is 22.4. The summed E-state index contributed by atoms with van der Waals surface area (Å²) < 4.78 is 32.4. The smallest absolute Gasteiger partial charge is 0.328 e. The summed E-state index contributed by atoms with van der Waals surface area (Å²) in [7, 11) is -2.63. The van der Waals surface area contributed by atoms with E-state index in [1.54, 1.807) is 42.5 Å². The van der Waals surface area contributed by atoms with Gasteiger partial charge in [0.05, 0.1) is 17.3 Å². The van der Waals surface area contributed by atoms with Gasteiger partial charge < -0.3 is 10.1 Å². The van der Waals surface area contributed by atoms with Gasteiger partial charge in [-0.3, -0.25) is 4.79 Å². The molecule has 28 heavy (non-hydrogen) atoms. The molecular formula is C20H22INO5S. The van der Waals surface area contributed by atoms with E-state index in [0.717, 1.165) is 9.13 Å². The Hall–Kier alpha value is -1.94. The average Bonchev–Trinajstić information content (AvgIpc) is 2.65. The highest BCUT2D eigenvalue weighted by Crippen LogP contribution is 2.35. The summed E-state index contributed by atoms with van der Waals surface area (Å²) in [4.78, 5) is 23.9. The molecule has 0 saturated heterocycles. The quantitative estimate of drug-likeness (QED) is 0.452. The number of hydrogen-bond donors (Lipinski definition) is 1. The number of ether oxygens (including phenoxy) is 1. The maximum atomic E-state index is 13.5. The van der Waals surface area contributed by atoms with Gasteiger partial charge in [-0.05, 0) is 59.7 Å². The molecule has 2 rings (SSSR count). The average molecular weight is 515 g/mol. The highest BCUT2D eigenvalue weighted by molar-refractivity contribution is 14.1. The fourth-order valence-electron chi connectivity index (χ4n) is 2.86. The Morgan fingerprint density at radius 1 is 1.11 bits per heavy atom. The van der Waals surface area contributed by atoms with Gasteiger partial charge in [0, 0.05) is 10.5 Å². The lowest BCUT2D eigenvalue weighted by atomic mass is 10.0. The van der Waals surface area contributed by atoms with Gasteiger partial charge in [0.25, 0.3) is 0 Å². The summed E-state index contributed by atoms with van der Waals surface area (Å²) in [5.41, 5.74) is 1.51. The topological polar surface area (TPSA) is 89.5 Å². The monoisotopic (exact) mass is 515 g/mol. The number of hydrogen-bond acceptors (Lipinski definition) is 5. The molecule has 0 fully saturated rings. The van der Waals surface area contributed by atoms with Crippen LogP contribution in [0.5, 0.6) is 0 Å². The molecule has 2 atom stereocenters. The van der Waals surface area contributed by atoms with Crippen molar-refractivity contribution in [1.29, 1.82) is 0 Å². The normalized spacial score (nSPS) is 13.4. The highest BCUT2D eigenvalue weighted by atomic mass is 127. The number of carbonyl (C=O) groups excluding carboxylic acids is 2. The van der Waals surface area contributed by atoms with Crippen LogP contribution in [0.2, 0.25) is 0 Å². The third-order valence-corrected chi connectivity index (χ3v) is 7.40. The third-order valence-electron chi connectivity index (χ3n) is 4.29. The SMILES string of the molecule is COC(=O)C(CC(c1ccccc1I)S(=O)(=O)c1ccc(C)cc1)NC(C)=O. The minimum atomic E-state index is -3.83. The summed E-state index contributed by atoms with van der Waals surface area (Å²) >= 11 is 2.07. The minimum absolute atomic E-state index is 0.136. The molecule has 2 unspecified atom stereocenters. The lowest BCUT2D eigenvalue weighted by Gasteiger charge is -2.24. The van der Waals surface area contributed by atoms with Crippen LogP contribution < -0.4 is 5.32 Å². The van der Waals surface area contributed by atoms with E-state index >= 15 is 0 Å². The number of halogens is 1. The summed E-state index contributed by atoms with van der Waals surface area (Å²) in [6.45, 7) is 3.14. The largest absolute Gasteiger partial charge is 0.467 e. The van der Waals surface area contributed by atoms with Crippen LogP contribution in [0.15, 0.2) is 53.4 Å². The Bertz CT molecular complexity index is 957. The van der Waals surface area contributed by atoms with Gasteiger partial charge in [0.2, 0.25) is 5.91 Å². The number of carbonyl (C=O) groups is 2. The second kappa shape index (κ2) is 9.51. The van der Waals surface area contributed by atoms with Crippen LogP contribution in [0.1, 0.15) is 29.7 Å². The van der Waals surface area contributed by atoms with Crippen molar-refractivity contribution in [3.63, 3.8) is 0 Å². The molecule has 0 aromatic heterocycles. The number of amides is 1. The number of rotatable bonds is 7. The van der Waals surface area contributed by atoms with Crippen LogP contribution in [0.4, 0.5) is 0 Å². The standard InChI is InChI=1S/C20H22INO5S/c1-13-8-10-15(11-9-13)28(25,26)19(16-6-4-5-7-17(16)21)12-18(20(24)27-3)22-14(2)23/h4-11,18-19H,12H2,1-3H3,(H,22,23). The van der Waals surface area contributed by atoms with E-state index < -0.39 is 33.0 Å². The van der Waals surface area contributed by atoms with Crippen molar-refractivity contribution >= 4 is 44.3 Å². The van der Waals surface area contributed by atoms with Crippen molar-refractivity contribution in [2.75, 3.05) is 7.11 Å². The van der Waals surface area contributed by atoms with Gasteiger partial charge in [-0.1, -0.05) is 35.9 Å². The predicted molar refractivity (Wildman–Crippen MR) is 115 cm³/mol. The van der Waals surface area contributed by atoms with E-state index in [0.29, 0.717) is 5.56 Å². The van der Waals surface area contributed by atoms with E-state index in [1.165, 1.54) is 14.0 Å². The van der Waals surface area contributed by atoms with Crippen LogP contribution in [-0.4, -0.2) is 33.4 Å². The zero-order valence-electron chi connectivity index (χ0n) is 15.8.